The molecule has 1 N–H and O–H groups in total. The van der Waals surface area contributed by atoms with Crippen LogP contribution in [0.2, 0.25) is 0 Å². The van der Waals surface area contributed by atoms with E-state index < -0.39 is 11.7 Å². The van der Waals surface area contributed by atoms with Gasteiger partial charge in [-0.1, -0.05) is 77.3 Å². The summed E-state index contributed by atoms with van der Waals surface area (Å²) in [6, 6.07) is 9.46. The molecule has 0 saturated carbocycles. The standard InChI is InChI=1S/C28H37N7O4S/c1-6-8-12-19(7-2)17-39-25(36)22-21(20-13-10-9-11-14-20)24(40-28-31-32-33-34(28)5)35-23(22)29-26(30-27(35)37)38-16-15-18(3)4/h9-11,13-14,18-19H,6-8,12,15-17H2,1-5H3,(H,29,30,37). The average Bonchev–Trinajstić information content (AvgIpc) is 3.49. The minimum Gasteiger partial charge on any atom is -0.465 e. The fourth-order valence-corrected chi connectivity index (χ4v) is 5.29. The number of hydrogen-bond acceptors (Lipinski definition) is 9. The number of H-pyrrole nitrogens is 1. The van der Waals surface area contributed by atoms with Crippen molar-refractivity contribution in [2.24, 2.45) is 18.9 Å². The molecule has 0 bridgehead atoms. The van der Waals surface area contributed by atoms with Crippen LogP contribution in [0.25, 0.3) is 16.8 Å². The predicted molar refractivity (Wildman–Crippen MR) is 153 cm³/mol. The number of aromatic nitrogens is 7. The van der Waals surface area contributed by atoms with E-state index in [-0.39, 0.29) is 29.7 Å². The van der Waals surface area contributed by atoms with E-state index in [0.717, 1.165) is 37.7 Å². The Balaban J connectivity index is 1.88. The predicted octanol–water partition coefficient (Wildman–Crippen LogP) is 5.16. The second-order valence-corrected chi connectivity index (χ2v) is 11.1. The van der Waals surface area contributed by atoms with E-state index in [9.17, 15) is 9.59 Å². The third-order valence-electron chi connectivity index (χ3n) is 6.69. The van der Waals surface area contributed by atoms with Crippen LogP contribution < -0.4 is 10.4 Å². The van der Waals surface area contributed by atoms with Gasteiger partial charge in [0.25, 0.3) is 6.01 Å². The van der Waals surface area contributed by atoms with E-state index >= 15 is 0 Å². The Morgan fingerprint density at radius 2 is 1.93 bits per heavy atom. The molecule has 0 aliphatic heterocycles. The van der Waals surface area contributed by atoms with Gasteiger partial charge in [0, 0.05) is 12.6 Å². The zero-order chi connectivity index (χ0) is 28.6. The highest BCUT2D eigenvalue weighted by Gasteiger charge is 2.31. The Morgan fingerprint density at radius 3 is 2.58 bits per heavy atom. The van der Waals surface area contributed by atoms with Gasteiger partial charge in [-0.15, -0.1) is 5.10 Å². The molecule has 1 atom stereocenters. The van der Waals surface area contributed by atoms with Crippen molar-refractivity contribution in [3.8, 4) is 17.1 Å². The molecule has 0 saturated heterocycles. The number of aromatic amines is 1. The topological polar surface area (TPSA) is 129 Å². The number of benzene rings is 1. The third kappa shape index (κ3) is 6.72. The smallest absolute Gasteiger partial charge is 0.342 e. The molecule has 0 amide bonds. The van der Waals surface area contributed by atoms with Crippen molar-refractivity contribution in [2.45, 2.75) is 70.0 Å². The van der Waals surface area contributed by atoms with E-state index in [2.05, 4.69) is 53.2 Å². The molecule has 1 aromatic carbocycles. The quantitative estimate of drug-likeness (QED) is 0.205. The van der Waals surface area contributed by atoms with E-state index in [4.69, 9.17) is 9.47 Å². The first-order chi connectivity index (χ1) is 19.3. The first kappa shape index (κ1) is 29.3. The molecule has 0 fully saturated rings. The molecule has 0 radical (unpaired) electrons. The Bertz CT molecular complexity index is 1480. The third-order valence-corrected chi connectivity index (χ3v) is 7.80. The van der Waals surface area contributed by atoms with Crippen LogP contribution in [0.1, 0.15) is 70.2 Å². The molecule has 214 valence electrons. The lowest BCUT2D eigenvalue weighted by Crippen LogP contribution is -2.21. The van der Waals surface area contributed by atoms with Crippen molar-refractivity contribution in [1.29, 1.82) is 0 Å². The lowest BCUT2D eigenvalue weighted by atomic mass is 10.0. The van der Waals surface area contributed by atoms with Crippen LogP contribution >= 0.6 is 11.8 Å². The number of ether oxygens (including phenoxy) is 2. The van der Waals surface area contributed by atoms with Crippen LogP contribution in [0.5, 0.6) is 6.01 Å². The highest BCUT2D eigenvalue weighted by atomic mass is 32.2. The molecule has 12 heteroatoms. The number of esters is 1. The summed E-state index contributed by atoms with van der Waals surface area (Å²) in [6.07, 6.45) is 4.82. The molecule has 11 nitrogen and oxygen atoms in total. The monoisotopic (exact) mass is 567 g/mol. The lowest BCUT2D eigenvalue weighted by molar-refractivity contribution is 0.0431. The molecule has 1 unspecified atom stereocenters. The molecule has 0 spiro atoms. The number of nitrogens with zero attached hydrogens (tertiary/aromatic N) is 6. The molecular formula is C28H37N7O4S. The summed E-state index contributed by atoms with van der Waals surface area (Å²) in [5.41, 5.74) is 1.13. The van der Waals surface area contributed by atoms with E-state index in [0.29, 0.717) is 28.3 Å². The number of carbonyl (C=O) groups is 1. The normalized spacial score (nSPS) is 12.2. The summed E-state index contributed by atoms with van der Waals surface area (Å²) in [6.45, 7) is 9.09. The highest BCUT2D eigenvalue weighted by Crippen LogP contribution is 2.40. The SMILES string of the molecule is CCCCC(CC)COC(=O)c1c(-c2ccccc2)c(Sc2nnnn2C)n2c(=O)[nH]c(OCCC(C)C)nc12. The van der Waals surface area contributed by atoms with E-state index in [1.54, 1.807) is 7.05 Å². The van der Waals surface area contributed by atoms with Crippen molar-refractivity contribution >= 4 is 23.4 Å². The van der Waals surface area contributed by atoms with Crippen LogP contribution in [0, 0.1) is 11.8 Å². The Morgan fingerprint density at radius 1 is 1.15 bits per heavy atom. The van der Waals surface area contributed by atoms with Crippen molar-refractivity contribution in [2.75, 3.05) is 13.2 Å². The van der Waals surface area contributed by atoms with Crippen molar-refractivity contribution in [3.63, 3.8) is 0 Å². The number of fused-ring (bicyclic) bond motifs is 1. The van der Waals surface area contributed by atoms with Gasteiger partial charge in [-0.05, 0) is 52.4 Å². The molecule has 0 aliphatic rings. The summed E-state index contributed by atoms with van der Waals surface area (Å²) in [5, 5.41) is 12.6. The first-order valence-corrected chi connectivity index (χ1v) is 14.6. The van der Waals surface area contributed by atoms with Gasteiger partial charge in [0.2, 0.25) is 5.16 Å². The van der Waals surface area contributed by atoms with Gasteiger partial charge in [0.15, 0.2) is 5.65 Å². The van der Waals surface area contributed by atoms with Gasteiger partial charge in [-0.2, -0.15) is 4.98 Å². The summed E-state index contributed by atoms with van der Waals surface area (Å²) < 4.78 is 14.6. The summed E-state index contributed by atoms with van der Waals surface area (Å²) in [7, 11) is 1.71. The number of aryl methyl sites for hydroxylation is 1. The summed E-state index contributed by atoms with van der Waals surface area (Å²) >= 11 is 1.17. The molecule has 3 aromatic heterocycles. The second kappa shape index (κ2) is 13.6. The van der Waals surface area contributed by atoms with E-state index in [1.165, 1.54) is 20.8 Å². The van der Waals surface area contributed by atoms with Crippen molar-refractivity contribution < 1.29 is 14.3 Å². The fourth-order valence-electron chi connectivity index (χ4n) is 4.28. The lowest BCUT2D eigenvalue weighted by Gasteiger charge is -2.15. The minimum atomic E-state index is -0.541. The van der Waals surface area contributed by atoms with Crippen LogP contribution in [0.15, 0.2) is 45.3 Å². The maximum atomic E-state index is 13.9. The van der Waals surface area contributed by atoms with Crippen molar-refractivity contribution in [3.05, 3.63) is 46.4 Å². The van der Waals surface area contributed by atoms with Crippen LogP contribution in [-0.2, 0) is 11.8 Å². The first-order valence-electron chi connectivity index (χ1n) is 13.8. The largest absolute Gasteiger partial charge is 0.465 e. The highest BCUT2D eigenvalue weighted by molar-refractivity contribution is 7.99. The Labute approximate surface area is 237 Å². The number of hydrogen-bond donors (Lipinski definition) is 1. The maximum Gasteiger partial charge on any atom is 0.342 e. The van der Waals surface area contributed by atoms with Gasteiger partial charge in [0.1, 0.15) is 10.6 Å². The minimum absolute atomic E-state index is 0.0515. The zero-order valence-corrected chi connectivity index (χ0v) is 24.5. The fraction of sp³-hybridized carbons (Fsp3) is 0.500. The van der Waals surface area contributed by atoms with Gasteiger partial charge in [-0.3, -0.25) is 4.98 Å². The van der Waals surface area contributed by atoms with Gasteiger partial charge in [-0.25, -0.2) is 18.7 Å². The van der Waals surface area contributed by atoms with Gasteiger partial charge >= 0.3 is 11.7 Å². The molecule has 4 aromatic rings. The van der Waals surface area contributed by atoms with Gasteiger partial charge in [0.05, 0.1) is 13.2 Å². The zero-order valence-electron chi connectivity index (χ0n) is 23.7. The number of rotatable bonds is 14. The molecular weight excluding hydrogens is 530 g/mol. The van der Waals surface area contributed by atoms with Crippen LogP contribution in [0.4, 0.5) is 0 Å². The summed E-state index contributed by atoms with van der Waals surface area (Å²) in [4.78, 5) is 34.8. The molecule has 0 aliphatic carbocycles. The molecule has 4 rings (SSSR count). The average molecular weight is 568 g/mol. The number of carbonyl (C=O) groups excluding carboxylic acids is 1. The molecule has 3 heterocycles. The molecule has 40 heavy (non-hydrogen) atoms. The number of tetrazole rings is 1. The van der Waals surface area contributed by atoms with Crippen LogP contribution in [0.3, 0.4) is 0 Å². The number of nitrogens with one attached hydrogen (secondary N) is 1. The number of unbranched alkanes of at least 4 members (excludes halogenated alkanes) is 1. The van der Waals surface area contributed by atoms with Crippen LogP contribution in [-0.4, -0.2) is 53.8 Å². The van der Waals surface area contributed by atoms with E-state index in [1.807, 2.05) is 30.3 Å². The van der Waals surface area contributed by atoms with Gasteiger partial charge < -0.3 is 9.47 Å². The van der Waals surface area contributed by atoms with Crippen molar-refractivity contribution in [1.82, 2.24) is 34.6 Å². The summed E-state index contributed by atoms with van der Waals surface area (Å²) in [5.74, 6) is 0.129. The Kier molecular flexibility index (Phi) is 9.97. The maximum absolute atomic E-state index is 13.9. The second-order valence-electron chi connectivity index (χ2n) is 10.2. The Hall–Kier alpha value is -3.67.